The van der Waals surface area contributed by atoms with E-state index in [2.05, 4.69) is 23.0 Å². The number of rotatable bonds is 13. The van der Waals surface area contributed by atoms with Gasteiger partial charge in [0.25, 0.3) is 0 Å². The first-order chi connectivity index (χ1) is 30.4. The number of carbonyl (C=O) groups excluding carboxylic acids is 2. The van der Waals surface area contributed by atoms with Crippen molar-refractivity contribution in [3.63, 3.8) is 0 Å². The maximum atomic E-state index is 11.3. The van der Waals surface area contributed by atoms with Crippen LogP contribution < -0.4 is 0 Å². The zero-order valence-corrected chi connectivity index (χ0v) is 37.4. The molecular weight excluding hydrogens is 860 g/mol. The first-order valence-corrected chi connectivity index (χ1v) is 20.2. The molecule has 8 aromatic rings. The second-order valence-electron chi connectivity index (χ2n) is 14.2. The molecule has 8 aromatic carbocycles. The molecule has 0 heterocycles. The van der Waals surface area contributed by atoms with E-state index in [1.807, 2.05) is 158 Å². The smallest absolute Gasteiger partial charge is 0.711 e. The molecule has 7 heteroatoms. The number of unbranched alkanes of at least 4 members (excludes halogenated alkanes) is 1. The number of para-hydroxylation sites is 4. The summed E-state index contributed by atoms with van der Waals surface area (Å²) in [6.07, 6.45) is 5.24. The Morgan fingerprint density at radius 2 is 0.651 bits per heavy atom. The third-order valence-electron chi connectivity index (χ3n) is 10.0. The van der Waals surface area contributed by atoms with Crippen LogP contribution in [0.2, 0.25) is 0 Å². The van der Waals surface area contributed by atoms with Gasteiger partial charge >= 0.3 is 26.2 Å². The summed E-state index contributed by atoms with van der Waals surface area (Å²) in [6, 6.07) is 65.3. The van der Waals surface area contributed by atoms with Crippen molar-refractivity contribution in [2.24, 2.45) is 0 Å². The second kappa shape index (κ2) is 24.6. The van der Waals surface area contributed by atoms with Gasteiger partial charge in [0.2, 0.25) is 11.5 Å². The number of phenols is 2. The minimum absolute atomic E-state index is 0. The van der Waals surface area contributed by atoms with E-state index in [9.17, 15) is 19.8 Å². The molecule has 6 nitrogen and oxygen atoms in total. The predicted molar refractivity (Wildman–Crippen MR) is 251 cm³/mol. The minimum atomic E-state index is 0. The Labute approximate surface area is 390 Å². The van der Waals surface area contributed by atoms with Crippen LogP contribution in [0.5, 0.6) is 23.0 Å². The zero-order valence-electron chi connectivity index (χ0n) is 34.9. The van der Waals surface area contributed by atoms with Crippen molar-refractivity contribution < 1.29 is 54.7 Å². The molecule has 0 aliphatic carbocycles. The summed E-state index contributed by atoms with van der Waals surface area (Å²) in [5.41, 5.74) is 8.05. The van der Waals surface area contributed by atoms with Crippen molar-refractivity contribution in [1.29, 1.82) is 0 Å². The Kier molecular flexibility index (Phi) is 18.4. The Hall–Kier alpha value is -6.82. The number of aromatic hydroxyl groups is 2. The summed E-state index contributed by atoms with van der Waals surface area (Å²) in [4.78, 5) is 19.8. The first-order valence-electron chi connectivity index (χ1n) is 20.2. The fraction of sp³-hybridized carbons (Fsp3) is 0.0714. The fourth-order valence-corrected chi connectivity index (χ4v) is 6.89. The van der Waals surface area contributed by atoms with E-state index in [4.69, 9.17) is 0 Å². The number of hydrogen-bond donors (Lipinski definition) is 2. The van der Waals surface area contributed by atoms with Crippen molar-refractivity contribution in [3.8, 4) is 67.5 Å². The van der Waals surface area contributed by atoms with E-state index in [-0.39, 0.29) is 37.7 Å². The number of benzene rings is 8. The maximum Gasteiger partial charge on any atom is 2.00 e. The van der Waals surface area contributed by atoms with Gasteiger partial charge in [0.1, 0.15) is 24.7 Å². The minimum Gasteiger partial charge on any atom is -0.711 e. The molecule has 8 rings (SSSR count). The van der Waals surface area contributed by atoms with Crippen LogP contribution >= 0.6 is 0 Å². The van der Waals surface area contributed by atoms with Gasteiger partial charge in [-0.05, 0) is 37.5 Å². The average Bonchev–Trinajstić information content (AvgIpc) is 3.34. The van der Waals surface area contributed by atoms with Crippen LogP contribution in [0.4, 0.5) is 0 Å². The van der Waals surface area contributed by atoms with Crippen molar-refractivity contribution >= 4 is 12.6 Å². The summed E-state index contributed by atoms with van der Waals surface area (Å²) in [5, 5.41) is 22.6. The molecule has 0 fully saturated rings. The van der Waals surface area contributed by atoms with Crippen LogP contribution in [0.15, 0.2) is 206 Å². The third-order valence-corrected chi connectivity index (χ3v) is 10.0. The molecule has 0 spiro atoms. The predicted octanol–water partition coefficient (Wildman–Crippen LogP) is 13.6. The monoisotopic (exact) mass is 906 g/mol. The Balaban J connectivity index is 0.000000367. The summed E-state index contributed by atoms with van der Waals surface area (Å²) in [7, 11) is 8.56. The van der Waals surface area contributed by atoms with Gasteiger partial charge in [0.05, 0.1) is 23.7 Å². The van der Waals surface area contributed by atoms with Crippen molar-refractivity contribution in [1.82, 2.24) is 0 Å². The second-order valence-corrected chi connectivity index (χ2v) is 14.2. The van der Waals surface area contributed by atoms with Gasteiger partial charge in [-0.25, -0.2) is 0 Å². The van der Waals surface area contributed by atoms with Crippen LogP contribution in [0.1, 0.15) is 24.0 Å². The summed E-state index contributed by atoms with van der Waals surface area (Å²) < 4.78 is 5.95. The summed E-state index contributed by atoms with van der Waals surface area (Å²) >= 11 is 0. The molecule has 0 aliphatic heterocycles. The van der Waals surface area contributed by atoms with Crippen LogP contribution in [-0.4, -0.2) is 36.0 Å². The molecule has 63 heavy (non-hydrogen) atoms. The van der Waals surface area contributed by atoms with Gasteiger partial charge in [-0.2, -0.15) is 35.4 Å². The molecule has 0 amide bonds. The molecule has 0 saturated heterocycles. The van der Waals surface area contributed by atoms with Gasteiger partial charge < -0.3 is 28.5 Å². The fourth-order valence-electron chi connectivity index (χ4n) is 6.89. The molecule has 0 radical (unpaired) electrons. The van der Waals surface area contributed by atoms with Crippen LogP contribution in [0.3, 0.4) is 0 Å². The molecule has 2 N–H and O–H groups in total. The van der Waals surface area contributed by atoms with Crippen LogP contribution in [-0.2, 0) is 44.5 Å². The van der Waals surface area contributed by atoms with Gasteiger partial charge in [-0.3, -0.25) is 0 Å². The number of hydrogen-bond acceptors (Lipinski definition) is 4. The van der Waals surface area contributed by atoms with E-state index in [1.54, 1.807) is 61.1 Å². The van der Waals surface area contributed by atoms with Crippen LogP contribution in [0, 0.1) is 14.2 Å². The Bertz CT molecular complexity index is 2430. The van der Waals surface area contributed by atoms with Crippen molar-refractivity contribution in [2.75, 3.05) is 13.2 Å². The van der Waals surface area contributed by atoms with E-state index < -0.39 is 0 Å². The van der Waals surface area contributed by atoms with Gasteiger partial charge in [-0.1, -0.05) is 133 Å². The van der Waals surface area contributed by atoms with Gasteiger partial charge in [0.15, 0.2) is 0 Å². The zero-order chi connectivity index (χ0) is 43.5. The summed E-state index contributed by atoms with van der Waals surface area (Å²) in [5.74, 6) is 2.25. The number of phenolic OH excluding ortho intramolecular Hbond substituents is 2. The van der Waals surface area contributed by atoms with Crippen molar-refractivity contribution in [3.05, 3.63) is 232 Å². The largest absolute Gasteiger partial charge is 2.00 e. The molecular formula is C56H48O6Zr. The van der Waals surface area contributed by atoms with E-state index >= 15 is 0 Å². The molecule has 0 aliphatic rings. The topological polar surface area (TPSA) is 80.0 Å². The Morgan fingerprint density at radius 1 is 0.365 bits per heavy atom. The van der Waals surface area contributed by atoms with E-state index in [0.717, 1.165) is 68.8 Å². The molecule has 0 aromatic heterocycles. The SMILES string of the molecule is O=[C-]c1ccccc1.O=[C-]c1ccccc1.[CH2-][O+](CCCC[O+]([CH2-])c1ccccc1-c1cccc(-c2ccccc2)c1O)c1ccccc1-c1cccc(-c2ccccc2)c1O.[Zr+2]. The summed E-state index contributed by atoms with van der Waals surface area (Å²) in [6.45, 7) is 1.29. The van der Waals surface area contributed by atoms with Gasteiger partial charge in [0, 0.05) is 47.2 Å². The average molecular weight is 908 g/mol. The maximum absolute atomic E-state index is 11.3. The molecule has 0 unspecified atom stereocenters. The quantitative estimate of drug-likeness (QED) is 0.0686. The van der Waals surface area contributed by atoms with E-state index in [0.29, 0.717) is 24.3 Å². The molecule has 312 valence electrons. The third kappa shape index (κ3) is 12.9. The molecule has 0 atom stereocenters. The Morgan fingerprint density at radius 3 is 0.984 bits per heavy atom. The first kappa shape index (κ1) is 47.2. The van der Waals surface area contributed by atoms with E-state index in [1.165, 1.54) is 0 Å². The van der Waals surface area contributed by atoms with Crippen molar-refractivity contribution in [2.45, 2.75) is 12.8 Å². The van der Waals surface area contributed by atoms with Gasteiger partial charge in [-0.15, -0.1) is 24.3 Å². The molecule has 0 saturated carbocycles. The standard InChI is InChI=1S/C42H38O4.2C7H5O.Zr/c1-45(39-27-11-9-21-35(39)37-25-15-23-33(41(37)43)31-17-5-3-6-18-31)29-13-14-30-46(2)40-28-12-10-22-36(40)38-26-16-24-34(42(38)44)32-19-7-4-8-20-32;2*8-6-7-4-2-1-3-5-7;/h3-12,15-28,43-44H,1-2,13-14,29-30H2;2*1-5H;/q;2*-1;+2. The molecule has 0 bridgehead atoms. The normalized spacial score (nSPS) is 10.1. The van der Waals surface area contributed by atoms with Crippen LogP contribution in [0.25, 0.3) is 44.5 Å².